The third-order valence-corrected chi connectivity index (χ3v) is 3.39. The molecule has 0 saturated heterocycles. The van der Waals surface area contributed by atoms with Crippen LogP contribution in [0.25, 0.3) is 11.4 Å². The summed E-state index contributed by atoms with van der Waals surface area (Å²) in [7, 11) is 4.65. The molecule has 3 aromatic rings. The van der Waals surface area contributed by atoms with Crippen molar-refractivity contribution in [2.45, 2.75) is 13.3 Å². The predicted molar refractivity (Wildman–Crippen MR) is 83.4 cm³/mol. The summed E-state index contributed by atoms with van der Waals surface area (Å²) in [6.07, 6.45) is 0.373. The van der Waals surface area contributed by atoms with Crippen molar-refractivity contribution >= 4 is 0 Å². The Bertz CT molecular complexity index is 815. The molecule has 0 aliphatic heterocycles. The molecule has 0 N–H and O–H groups in total. The van der Waals surface area contributed by atoms with E-state index in [1.807, 2.05) is 13.0 Å². The van der Waals surface area contributed by atoms with Crippen LogP contribution in [0.3, 0.4) is 0 Å². The van der Waals surface area contributed by atoms with Crippen molar-refractivity contribution in [1.82, 2.24) is 15.3 Å². The summed E-state index contributed by atoms with van der Waals surface area (Å²) in [6.45, 7) is 1.85. The van der Waals surface area contributed by atoms with E-state index in [9.17, 15) is 0 Å². The van der Waals surface area contributed by atoms with E-state index in [-0.39, 0.29) is 0 Å². The highest BCUT2D eigenvalue weighted by molar-refractivity contribution is 5.66. The van der Waals surface area contributed by atoms with Gasteiger partial charge in [-0.15, -0.1) is 0 Å². The predicted octanol–water partition coefficient (Wildman–Crippen LogP) is 2.65. The number of ether oxygens (including phenoxy) is 3. The Hall–Kier alpha value is -3.03. The molecule has 0 saturated carbocycles. The molecule has 126 valence electrons. The Morgan fingerprint density at radius 1 is 0.917 bits per heavy atom. The second-order valence-corrected chi connectivity index (χ2v) is 5.04. The Labute approximate surface area is 138 Å². The normalized spacial score (nSPS) is 10.7. The summed E-state index contributed by atoms with van der Waals surface area (Å²) < 4.78 is 26.4. The van der Waals surface area contributed by atoms with E-state index < -0.39 is 0 Å². The van der Waals surface area contributed by atoms with Gasteiger partial charge in [-0.05, 0) is 19.1 Å². The molecule has 0 radical (unpaired) electrons. The topological polar surface area (TPSA) is 92.6 Å². The largest absolute Gasteiger partial charge is 0.493 e. The van der Waals surface area contributed by atoms with Crippen LogP contribution < -0.4 is 14.2 Å². The Morgan fingerprint density at radius 3 is 2.17 bits per heavy atom. The molecule has 0 atom stereocenters. The van der Waals surface area contributed by atoms with E-state index in [4.69, 9.17) is 23.3 Å². The minimum absolute atomic E-state index is 0.373. The molecule has 0 aliphatic rings. The molecule has 2 aromatic heterocycles. The van der Waals surface area contributed by atoms with Gasteiger partial charge in [-0.3, -0.25) is 0 Å². The fourth-order valence-corrected chi connectivity index (χ4v) is 2.30. The van der Waals surface area contributed by atoms with Gasteiger partial charge < -0.3 is 23.3 Å². The van der Waals surface area contributed by atoms with E-state index in [0.717, 1.165) is 5.69 Å². The van der Waals surface area contributed by atoms with Crippen molar-refractivity contribution in [3.63, 3.8) is 0 Å². The van der Waals surface area contributed by atoms with E-state index >= 15 is 0 Å². The first-order chi connectivity index (χ1) is 11.6. The van der Waals surface area contributed by atoms with Crippen LogP contribution in [0.2, 0.25) is 0 Å². The van der Waals surface area contributed by atoms with Crippen molar-refractivity contribution in [1.29, 1.82) is 0 Å². The minimum Gasteiger partial charge on any atom is -0.493 e. The summed E-state index contributed by atoms with van der Waals surface area (Å²) in [5.41, 5.74) is 1.49. The maximum atomic E-state index is 5.33. The lowest BCUT2D eigenvalue weighted by atomic mass is 10.1. The molecule has 3 rings (SSSR count). The zero-order chi connectivity index (χ0) is 17.1. The summed E-state index contributed by atoms with van der Waals surface area (Å²) in [4.78, 5) is 4.37. The van der Waals surface area contributed by atoms with Gasteiger partial charge in [0.2, 0.25) is 17.5 Å². The number of methoxy groups -OCH3 is 3. The number of benzene rings is 1. The third-order valence-electron chi connectivity index (χ3n) is 3.39. The zero-order valence-electron chi connectivity index (χ0n) is 13.8. The lowest BCUT2D eigenvalue weighted by Gasteiger charge is -2.12. The van der Waals surface area contributed by atoms with E-state index in [1.165, 1.54) is 0 Å². The summed E-state index contributed by atoms with van der Waals surface area (Å²) in [6, 6.07) is 5.34. The minimum atomic E-state index is 0.373. The first kappa shape index (κ1) is 15.9. The van der Waals surface area contributed by atoms with Gasteiger partial charge in [-0.1, -0.05) is 10.3 Å². The first-order valence-electron chi connectivity index (χ1n) is 7.19. The average Bonchev–Trinajstić information content (AvgIpc) is 3.22. The highest BCUT2D eigenvalue weighted by Gasteiger charge is 2.18. The maximum absolute atomic E-state index is 5.33. The molecule has 0 bridgehead atoms. The molecular formula is C16H17N3O5. The first-order valence-corrected chi connectivity index (χ1v) is 7.19. The smallest absolute Gasteiger partial charge is 0.234 e. The molecule has 8 heteroatoms. The van der Waals surface area contributed by atoms with Gasteiger partial charge in [0.15, 0.2) is 11.5 Å². The fourth-order valence-electron chi connectivity index (χ4n) is 2.30. The molecule has 0 fully saturated rings. The van der Waals surface area contributed by atoms with Gasteiger partial charge in [-0.2, -0.15) is 4.98 Å². The van der Waals surface area contributed by atoms with Crippen LogP contribution in [0.1, 0.15) is 17.3 Å². The lowest BCUT2D eigenvalue weighted by Crippen LogP contribution is -1.96. The summed E-state index contributed by atoms with van der Waals surface area (Å²) >= 11 is 0. The number of aryl methyl sites for hydroxylation is 1. The van der Waals surface area contributed by atoms with Crippen LogP contribution in [0, 0.1) is 6.92 Å². The molecule has 0 aliphatic carbocycles. The van der Waals surface area contributed by atoms with Gasteiger partial charge in [0.05, 0.1) is 33.4 Å². The monoisotopic (exact) mass is 331 g/mol. The maximum Gasteiger partial charge on any atom is 0.234 e. The standard InChI is InChI=1S/C16H17N3O5/c1-9-5-11(23-18-9)8-14-17-16(19-24-14)10-6-12(20-2)15(22-4)13(7-10)21-3/h5-7H,8H2,1-4H3. The van der Waals surface area contributed by atoms with E-state index in [2.05, 4.69) is 15.3 Å². The van der Waals surface area contributed by atoms with Gasteiger partial charge in [0, 0.05) is 11.6 Å². The van der Waals surface area contributed by atoms with Gasteiger partial charge in [-0.25, -0.2) is 0 Å². The second-order valence-electron chi connectivity index (χ2n) is 5.04. The van der Waals surface area contributed by atoms with Crippen molar-refractivity contribution < 1.29 is 23.3 Å². The van der Waals surface area contributed by atoms with Crippen LogP contribution in [0.5, 0.6) is 17.2 Å². The van der Waals surface area contributed by atoms with Crippen molar-refractivity contribution in [3.8, 4) is 28.6 Å². The van der Waals surface area contributed by atoms with Crippen LogP contribution in [0.15, 0.2) is 27.2 Å². The van der Waals surface area contributed by atoms with Crippen LogP contribution in [0.4, 0.5) is 0 Å². The average molecular weight is 331 g/mol. The van der Waals surface area contributed by atoms with Gasteiger partial charge in [0.1, 0.15) is 5.76 Å². The highest BCUT2D eigenvalue weighted by Crippen LogP contribution is 2.40. The quantitative estimate of drug-likeness (QED) is 0.680. The molecule has 0 unspecified atom stereocenters. The number of rotatable bonds is 6. The Morgan fingerprint density at radius 2 is 1.62 bits per heavy atom. The fraction of sp³-hybridized carbons (Fsp3) is 0.312. The molecule has 1 aromatic carbocycles. The second kappa shape index (κ2) is 6.61. The third kappa shape index (κ3) is 3.03. The number of hydrogen-bond donors (Lipinski definition) is 0. The number of nitrogens with zero attached hydrogens (tertiary/aromatic N) is 3. The molecule has 8 nitrogen and oxygen atoms in total. The van der Waals surface area contributed by atoms with Crippen LogP contribution >= 0.6 is 0 Å². The van der Waals surface area contributed by atoms with E-state index in [1.54, 1.807) is 33.5 Å². The van der Waals surface area contributed by atoms with Crippen LogP contribution in [-0.2, 0) is 6.42 Å². The van der Waals surface area contributed by atoms with Crippen molar-refractivity contribution in [3.05, 3.63) is 35.5 Å². The lowest BCUT2D eigenvalue weighted by molar-refractivity contribution is 0.324. The number of hydrogen-bond acceptors (Lipinski definition) is 8. The van der Waals surface area contributed by atoms with Gasteiger partial charge >= 0.3 is 0 Å². The molecule has 0 amide bonds. The van der Waals surface area contributed by atoms with Crippen LogP contribution in [-0.4, -0.2) is 36.6 Å². The summed E-state index contributed by atoms with van der Waals surface area (Å²) in [5, 5.41) is 7.83. The Kier molecular flexibility index (Phi) is 4.37. The molecule has 2 heterocycles. The molecule has 0 spiro atoms. The van der Waals surface area contributed by atoms with E-state index in [0.29, 0.717) is 46.7 Å². The molecule has 24 heavy (non-hydrogen) atoms. The van der Waals surface area contributed by atoms with Crippen molar-refractivity contribution in [2.75, 3.05) is 21.3 Å². The molecular weight excluding hydrogens is 314 g/mol. The van der Waals surface area contributed by atoms with Gasteiger partial charge in [0.25, 0.3) is 0 Å². The SMILES string of the molecule is COc1cc(-c2noc(Cc3cc(C)no3)n2)cc(OC)c1OC. The van der Waals surface area contributed by atoms with Crippen molar-refractivity contribution in [2.24, 2.45) is 0 Å². The highest BCUT2D eigenvalue weighted by atomic mass is 16.5. The Balaban J connectivity index is 1.92. The zero-order valence-corrected chi connectivity index (χ0v) is 13.8. The number of aromatic nitrogens is 3. The summed E-state index contributed by atoms with van der Waals surface area (Å²) in [5.74, 6) is 3.04.